The van der Waals surface area contributed by atoms with Gasteiger partial charge in [0.05, 0.1) is 12.2 Å². The summed E-state index contributed by atoms with van der Waals surface area (Å²) in [5, 5.41) is 2.48. The lowest BCUT2D eigenvalue weighted by molar-refractivity contribution is -0.155. The van der Waals surface area contributed by atoms with Crippen molar-refractivity contribution in [1.82, 2.24) is 5.32 Å². The van der Waals surface area contributed by atoms with Crippen molar-refractivity contribution < 1.29 is 28.2 Å². The standard InChI is InChI=1S/C20H19FN2O5/c1-13(24)23-11-18(28-17-9-5-4-8-16(17)23)20(26)27-12-19(25)22-10-14-6-2-3-7-15(14)21/h2-9,18H,10-12H2,1H3,(H,22,25)/t18-/m0/s1. The zero-order chi connectivity index (χ0) is 20.1. The highest BCUT2D eigenvalue weighted by Gasteiger charge is 2.33. The van der Waals surface area contributed by atoms with Gasteiger partial charge in [-0.1, -0.05) is 30.3 Å². The van der Waals surface area contributed by atoms with E-state index in [2.05, 4.69) is 5.32 Å². The largest absolute Gasteiger partial charge is 0.475 e. The number of ether oxygens (including phenoxy) is 2. The van der Waals surface area contributed by atoms with Crippen LogP contribution in [0.4, 0.5) is 10.1 Å². The Balaban J connectivity index is 1.54. The molecular formula is C20H19FN2O5. The number of carbonyl (C=O) groups is 3. The fourth-order valence-corrected chi connectivity index (χ4v) is 2.77. The maximum atomic E-state index is 13.5. The van der Waals surface area contributed by atoms with Crippen LogP contribution >= 0.6 is 0 Å². The van der Waals surface area contributed by atoms with Crippen molar-refractivity contribution in [2.75, 3.05) is 18.1 Å². The van der Waals surface area contributed by atoms with Crippen molar-refractivity contribution in [3.63, 3.8) is 0 Å². The fraction of sp³-hybridized carbons (Fsp3) is 0.250. The molecule has 1 atom stereocenters. The Morgan fingerprint density at radius 2 is 1.89 bits per heavy atom. The van der Waals surface area contributed by atoms with E-state index in [1.165, 1.54) is 17.9 Å². The first-order valence-corrected chi connectivity index (χ1v) is 8.66. The number of benzene rings is 2. The molecule has 0 unspecified atom stereocenters. The van der Waals surface area contributed by atoms with Gasteiger partial charge < -0.3 is 19.7 Å². The smallest absolute Gasteiger partial charge is 0.349 e. The van der Waals surface area contributed by atoms with Crippen molar-refractivity contribution in [2.24, 2.45) is 0 Å². The van der Waals surface area contributed by atoms with E-state index >= 15 is 0 Å². The van der Waals surface area contributed by atoms with Gasteiger partial charge in [0.15, 0.2) is 6.61 Å². The maximum Gasteiger partial charge on any atom is 0.349 e. The Morgan fingerprint density at radius 3 is 2.64 bits per heavy atom. The second-order valence-electron chi connectivity index (χ2n) is 6.18. The molecule has 1 heterocycles. The normalized spacial score (nSPS) is 15.2. The Bertz CT molecular complexity index is 902. The molecule has 2 aromatic carbocycles. The van der Waals surface area contributed by atoms with E-state index in [4.69, 9.17) is 9.47 Å². The molecule has 0 bridgehead atoms. The van der Waals surface area contributed by atoms with Gasteiger partial charge in [-0.05, 0) is 18.2 Å². The van der Waals surface area contributed by atoms with Crippen LogP contribution in [0.25, 0.3) is 0 Å². The summed E-state index contributed by atoms with van der Waals surface area (Å²) in [7, 11) is 0. The van der Waals surface area contributed by atoms with E-state index in [1.54, 1.807) is 42.5 Å². The highest BCUT2D eigenvalue weighted by atomic mass is 19.1. The van der Waals surface area contributed by atoms with Gasteiger partial charge in [-0.3, -0.25) is 9.59 Å². The third kappa shape index (κ3) is 4.46. The lowest BCUT2D eigenvalue weighted by Crippen LogP contribution is -2.47. The summed E-state index contributed by atoms with van der Waals surface area (Å²) in [4.78, 5) is 37.4. The van der Waals surface area contributed by atoms with Crippen LogP contribution in [0.1, 0.15) is 12.5 Å². The zero-order valence-electron chi connectivity index (χ0n) is 15.2. The number of rotatable bonds is 5. The Morgan fingerprint density at radius 1 is 1.18 bits per heavy atom. The molecule has 0 saturated heterocycles. The molecule has 1 aliphatic heterocycles. The van der Waals surface area contributed by atoms with Gasteiger partial charge in [-0.2, -0.15) is 0 Å². The average molecular weight is 386 g/mol. The monoisotopic (exact) mass is 386 g/mol. The number of hydrogen-bond acceptors (Lipinski definition) is 5. The number of nitrogens with zero attached hydrogens (tertiary/aromatic N) is 1. The maximum absolute atomic E-state index is 13.5. The fourth-order valence-electron chi connectivity index (χ4n) is 2.77. The lowest BCUT2D eigenvalue weighted by atomic mass is 10.2. The molecule has 0 aromatic heterocycles. The van der Waals surface area contributed by atoms with Crippen molar-refractivity contribution in [3.8, 4) is 5.75 Å². The summed E-state index contributed by atoms with van der Waals surface area (Å²) in [6.07, 6.45) is -1.04. The molecule has 0 fully saturated rings. The van der Waals surface area contributed by atoms with Crippen LogP contribution in [0.15, 0.2) is 48.5 Å². The summed E-state index contributed by atoms with van der Waals surface area (Å²) in [5.74, 6) is -1.62. The predicted octanol–water partition coefficient (Wildman–Crippen LogP) is 1.80. The van der Waals surface area contributed by atoms with E-state index in [1.807, 2.05) is 0 Å². The van der Waals surface area contributed by atoms with E-state index in [0.29, 0.717) is 17.0 Å². The molecule has 28 heavy (non-hydrogen) atoms. The van der Waals surface area contributed by atoms with Crippen molar-refractivity contribution in [1.29, 1.82) is 0 Å². The number of carbonyl (C=O) groups excluding carboxylic acids is 3. The molecule has 2 amide bonds. The summed E-state index contributed by atoms with van der Waals surface area (Å²) in [6.45, 7) is 0.825. The number of hydrogen-bond donors (Lipinski definition) is 1. The third-order valence-corrected chi connectivity index (χ3v) is 4.20. The van der Waals surface area contributed by atoms with E-state index in [0.717, 1.165) is 0 Å². The first-order chi connectivity index (χ1) is 13.5. The topological polar surface area (TPSA) is 84.9 Å². The van der Waals surface area contributed by atoms with Crippen LogP contribution in [-0.2, 0) is 25.7 Å². The number of nitrogens with one attached hydrogen (secondary N) is 1. The van der Waals surface area contributed by atoms with Crippen LogP contribution in [0.3, 0.4) is 0 Å². The van der Waals surface area contributed by atoms with Crippen LogP contribution in [-0.4, -0.2) is 37.0 Å². The molecule has 2 aromatic rings. The first-order valence-electron chi connectivity index (χ1n) is 8.66. The van der Waals surface area contributed by atoms with Gasteiger partial charge in [0, 0.05) is 19.0 Å². The van der Waals surface area contributed by atoms with Gasteiger partial charge in [0.25, 0.3) is 5.91 Å². The molecule has 0 spiro atoms. The summed E-state index contributed by atoms with van der Waals surface area (Å²) in [5.41, 5.74) is 0.896. The van der Waals surface area contributed by atoms with Crippen LogP contribution < -0.4 is 15.0 Å². The molecule has 0 radical (unpaired) electrons. The first kappa shape index (κ1) is 19.3. The van der Waals surface area contributed by atoms with Gasteiger partial charge in [0.2, 0.25) is 12.0 Å². The number of halogens is 1. The van der Waals surface area contributed by atoms with E-state index < -0.39 is 30.4 Å². The number of esters is 1. The third-order valence-electron chi connectivity index (χ3n) is 4.20. The van der Waals surface area contributed by atoms with Gasteiger partial charge >= 0.3 is 5.97 Å². The van der Waals surface area contributed by atoms with E-state index in [-0.39, 0.29) is 19.0 Å². The van der Waals surface area contributed by atoms with Crippen LogP contribution in [0, 0.1) is 5.82 Å². The molecule has 0 aliphatic carbocycles. The summed E-state index contributed by atoms with van der Waals surface area (Å²) < 4.78 is 24.1. The van der Waals surface area contributed by atoms with Gasteiger partial charge in [-0.15, -0.1) is 0 Å². The SMILES string of the molecule is CC(=O)N1C[C@@H](C(=O)OCC(=O)NCc2ccccc2F)Oc2ccccc21. The van der Waals surface area contributed by atoms with Gasteiger partial charge in [-0.25, -0.2) is 9.18 Å². The molecule has 1 aliphatic rings. The minimum atomic E-state index is -1.04. The van der Waals surface area contributed by atoms with Crippen molar-refractivity contribution >= 4 is 23.5 Å². The minimum absolute atomic E-state index is 0.0119. The van der Waals surface area contributed by atoms with Gasteiger partial charge in [0.1, 0.15) is 11.6 Å². The predicted molar refractivity (Wildman–Crippen MR) is 98.1 cm³/mol. The summed E-state index contributed by atoms with van der Waals surface area (Å²) >= 11 is 0. The lowest BCUT2D eigenvalue weighted by Gasteiger charge is -2.33. The average Bonchev–Trinajstić information content (AvgIpc) is 2.70. The number of para-hydroxylation sites is 2. The molecule has 7 nitrogen and oxygen atoms in total. The Hall–Kier alpha value is -3.42. The summed E-state index contributed by atoms with van der Waals surface area (Å²) in [6, 6.07) is 12.9. The minimum Gasteiger partial charge on any atom is -0.475 e. The van der Waals surface area contributed by atoms with Crippen LogP contribution in [0.2, 0.25) is 0 Å². The number of amides is 2. The van der Waals surface area contributed by atoms with Crippen molar-refractivity contribution in [2.45, 2.75) is 19.6 Å². The molecule has 0 saturated carbocycles. The Kier molecular flexibility index (Phi) is 5.88. The highest BCUT2D eigenvalue weighted by molar-refractivity contribution is 5.95. The zero-order valence-corrected chi connectivity index (χ0v) is 15.2. The molecule has 8 heteroatoms. The number of fused-ring (bicyclic) bond motifs is 1. The second-order valence-corrected chi connectivity index (χ2v) is 6.18. The molecule has 1 N–H and O–H groups in total. The quantitative estimate of drug-likeness (QED) is 0.792. The second kappa shape index (κ2) is 8.51. The Labute approximate surface area is 161 Å². The number of anilines is 1. The molecule has 146 valence electrons. The molecular weight excluding hydrogens is 367 g/mol. The van der Waals surface area contributed by atoms with Crippen LogP contribution in [0.5, 0.6) is 5.75 Å². The molecule has 3 rings (SSSR count). The van der Waals surface area contributed by atoms with E-state index in [9.17, 15) is 18.8 Å². The highest BCUT2D eigenvalue weighted by Crippen LogP contribution is 2.33. The van der Waals surface area contributed by atoms with Crippen molar-refractivity contribution in [3.05, 3.63) is 59.9 Å².